The molecule has 0 saturated carbocycles. The van der Waals surface area contributed by atoms with Gasteiger partial charge in [-0.3, -0.25) is 9.78 Å². The number of amides is 1. The van der Waals surface area contributed by atoms with Gasteiger partial charge in [-0.25, -0.2) is 8.78 Å². The Morgan fingerprint density at radius 2 is 2.06 bits per heavy atom. The maximum atomic E-state index is 16.9. The van der Waals surface area contributed by atoms with Crippen molar-refractivity contribution in [3.63, 3.8) is 0 Å². The number of aromatic nitrogens is 3. The molecule has 0 aliphatic carbocycles. The summed E-state index contributed by atoms with van der Waals surface area (Å²) in [6.07, 6.45) is 11.6. The molecule has 4 heterocycles. The number of nitriles is 1. The van der Waals surface area contributed by atoms with Crippen LogP contribution < -0.4 is 9.64 Å². The fourth-order valence-electron chi connectivity index (χ4n) is 7.04. The van der Waals surface area contributed by atoms with E-state index in [9.17, 15) is 14.4 Å². The minimum atomic E-state index is -0.855. The summed E-state index contributed by atoms with van der Waals surface area (Å²) in [6, 6.07) is 10.1. The van der Waals surface area contributed by atoms with Crippen molar-refractivity contribution < 1.29 is 18.3 Å². The predicted molar refractivity (Wildman–Crippen MR) is 181 cm³/mol. The fourth-order valence-corrected chi connectivity index (χ4v) is 7.04. The number of rotatable bonds is 7. The summed E-state index contributed by atoms with van der Waals surface area (Å²) in [5.41, 5.74) is -0.560. The number of likely N-dealkylation sites (tertiary alicyclic amines) is 1. The molecule has 0 spiro atoms. The second-order valence-electron chi connectivity index (χ2n) is 12.8. The lowest BCUT2D eigenvalue weighted by atomic mass is 9.79. The van der Waals surface area contributed by atoms with Crippen LogP contribution in [0.3, 0.4) is 0 Å². The van der Waals surface area contributed by atoms with Crippen LogP contribution in [-0.4, -0.2) is 83.1 Å². The zero-order valence-electron chi connectivity index (χ0n) is 27.3. The highest BCUT2D eigenvalue weighted by molar-refractivity contribution is 6.02. The second kappa shape index (κ2) is 13.2. The van der Waals surface area contributed by atoms with E-state index in [1.165, 1.54) is 23.2 Å². The number of halogens is 2. The summed E-state index contributed by atoms with van der Waals surface area (Å²) in [7, 11) is 3.69. The molecule has 48 heavy (non-hydrogen) atoms. The van der Waals surface area contributed by atoms with E-state index in [0.717, 1.165) is 19.4 Å². The summed E-state index contributed by atoms with van der Waals surface area (Å²) < 4.78 is 37.9. The number of ether oxygens (including phenoxy) is 1. The first kappa shape index (κ1) is 32.8. The Balaban J connectivity index is 1.52. The zero-order valence-corrected chi connectivity index (χ0v) is 27.3. The standard InChI is InChI=1S/C37H37F2N7O2/c1-6-25-28(38)15-14-23-11-8-13-26(31(23)25)33-32(39)34-27(19-41-33)35(43-36(42-34)48-21-24-12-9-17-44(24)4)46-18-10-16-37(3,22-40)29(20-46)45(5)30(47)7-2/h1,7-8,11,13-15,19,24,29H,2,9-10,12,16-18,20-21H2,3-5H3/t24-,29?,37?/m0/s1. The van der Waals surface area contributed by atoms with Gasteiger partial charge in [0.15, 0.2) is 5.82 Å². The summed E-state index contributed by atoms with van der Waals surface area (Å²) >= 11 is 0. The lowest BCUT2D eigenvalue weighted by molar-refractivity contribution is -0.128. The molecule has 2 saturated heterocycles. The number of carbonyl (C=O) groups excluding carboxylic acids is 1. The van der Waals surface area contributed by atoms with Crippen molar-refractivity contribution in [1.82, 2.24) is 24.8 Å². The van der Waals surface area contributed by atoms with Crippen LogP contribution in [0.1, 0.15) is 38.2 Å². The SMILES string of the molecule is C#Cc1c(F)ccc2cccc(-c3ncc4c(N5CCCC(C)(C#N)C(N(C)C(=O)C=C)C5)nc(OC[C@@H]5CCCN5C)nc4c3F)c12. The molecular formula is C37H37F2N7O2. The normalized spacial score (nSPS) is 21.4. The van der Waals surface area contributed by atoms with Gasteiger partial charge in [-0.15, -0.1) is 6.42 Å². The Kier molecular flexibility index (Phi) is 9.00. The Hall–Kier alpha value is -5.13. The van der Waals surface area contributed by atoms with Crippen LogP contribution in [0.4, 0.5) is 14.6 Å². The summed E-state index contributed by atoms with van der Waals surface area (Å²) in [5, 5.41) is 11.6. The number of fused-ring (bicyclic) bond motifs is 2. The Bertz CT molecular complexity index is 2000. The van der Waals surface area contributed by atoms with Gasteiger partial charge in [0.2, 0.25) is 5.91 Å². The molecule has 0 bridgehead atoms. The average molecular weight is 650 g/mol. The van der Waals surface area contributed by atoms with E-state index in [2.05, 4.69) is 33.4 Å². The minimum absolute atomic E-state index is 0.00138. The summed E-state index contributed by atoms with van der Waals surface area (Å²) in [6.45, 7) is 7.48. The lowest BCUT2D eigenvalue weighted by Crippen LogP contribution is -2.51. The highest BCUT2D eigenvalue weighted by atomic mass is 19.1. The Morgan fingerprint density at radius 3 is 2.77 bits per heavy atom. The molecule has 0 radical (unpaired) electrons. The minimum Gasteiger partial charge on any atom is -0.462 e. The first-order valence-electron chi connectivity index (χ1n) is 16.0. The Morgan fingerprint density at radius 1 is 1.25 bits per heavy atom. The largest absolute Gasteiger partial charge is 0.462 e. The summed E-state index contributed by atoms with van der Waals surface area (Å²) in [4.78, 5) is 32.4. The number of carbonyl (C=O) groups is 1. The van der Waals surface area contributed by atoms with Crippen LogP contribution in [0.25, 0.3) is 32.9 Å². The highest BCUT2D eigenvalue weighted by Crippen LogP contribution is 2.39. The third-order valence-corrected chi connectivity index (χ3v) is 9.91. The van der Waals surface area contributed by atoms with Crippen molar-refractivity contribution in [2.75, 3.05) is 45.2 Å². The van der Waals surface area contributed by atoms with Gasteiger partial charge >= 0.3 is 6.01 Å². The van der Waals surface area contributed by atoms with Crippen LogP contribution in [0.2, 0.25) is 0 Å². The Labute approximate surface area is 278 Å². The van der Waals surface area contributed by atoms with E-state index in [0.29, 0.717) is 53.5 Å². The van der Waals surface area contributed by atoms with Crippen molar-refractivity contribution >= 4 is 33.4 Å². The van der Waals surface area contributed by atoms with E-state index in [1.54, 1.807) is 31.3 Å². The third-order valence-electron chi connectivity index (χ3n) is 9.91. The van der Waals surface area contributed by atoms with Gasteiger partial charge in [-0.1, -0.05) is 36.8 Å². The molecule has 0 N–H and O–H groups in total. The van der Waals surface area contributed by atoms with Crippen molar-refractivity contribution in [2.24, 2.45) is 5.41 Å². The maximum Gasteiger partial charge on any atom is 0.319 e. The van der Waals surface area contributed by atoms with Gasteiger partial charge in [0, 0.05) is 43.3 Å². The van der Waals surface area contributed by atoms with Crippen LogP contribution >= 0.6 is 0 Å². The van der Waals surface area contributed by atoms with Gasteiger partial charge in [0.05, 0.1) is 28.5 Å². The molecular weight excluding hydrogens is 612 g/mol. The topological polar surface area (TPSA) is 98.5 Å². The lowest BCUT2D eigenvalue weighted by Gasteiger charge is -2.38. The van der Waals surface area contributed by atoms with Crippen molar-refractivity contribution in [1.29, 1.82) is 5.26 Å². The first-order chi connectivity index (χ1) is 23.1. The van der Waals surface area contributed by atoms with E-state index in [4.69, 9.17) is 16.1 Å². The molecule has 2 unspecified atom stereocenters. The second-order valence-corrected chi connectivity index (χ2v) is 12.8. The smallest absolute Gasteiger partial charge is 0.319 e. The van der Waals surface area contributed by atoms with Crippen LogP contribution in [0, 0.1) is 40.7 Å². The molecule has 2 aliphatic rings. The van der Waals surface area contributed by atoms with Gasteiger partial charge in [-0.2, -0.15) is 15.2 Å². The highest BCUT2D eigenvalue weighted by Gasteiger charge is 2.42. The number of anilines is 1. The molecule has 11 heteroatoms. The number of nitrogens with zero attached hydrogens (tertiary/aromatic N) is 7. The van der Waals surface area contributed by atoms with Gasteiger partial charge < -0.3 is 19.4 Å². The molecule has 4 aromatic rings. The predicted octanol–water partition coefficient (Wildman–Crippen LogP) is 5.72. The molecule has 246 valence electrons. The zero-order chi connectivity index (χ0) is 34.2. The summed E-state index contributed by atoms with van der Waals surface area (Å²) in [5.74, 6) is 1.17. The van der Waals surface area contributed by atoms with Crippen molar-refractivity contribution in [3.8, 4) is 35.7 Å². The molecule has 9 nitrogen and oxygen atoms in total. The molecule has 2 aliphatic heterocycles. The van der Waals surface area contributed by atoms with E-state index >= 15 is 4.39 Å². The number of hydrogen-bond donors (Lipinski definition) is 0. The molecule has 2 aromatic carbocycles. The fraction of sp³-hybridized carbons (Fsp3) is 0.378. The van der Waals surface area contributed by atoms with Gasteiger partial charge in [-0.05, 0) is 63.7 Å². The molecule has 2 aromatic heterocycles. The number of hydrogen-bond acceptors (Lipinski definition) is 8. The number of benzene rings is 2. The molecule has 6 rings (SSSR count). The van der Waals surface area contributed by atoms with E-state index in [1.807, 2.05) is 18.9 Å². The first-order valence-corrected chi connectivity index (χ1v) is 16.0. The average Bonchev–Trinajstić information content (AvgIpc) is 3.43. The number of pyridine rings is 1. The number of terminal acetylenes is 1. The van der Waals surface area contributed by atoms with E-state index in [-0.39, 0.29) is 41.3 Å². The molecule has 2 fully saturated rings. The molecule has 1 amide bonds. The third kappa shape index (κ3) is 5.80. The van der Waals surface area contributed by atoms with E-state index < -0.39 is 23.1 Å². The van der Waals surface area contributed by atoms with Crippen molar-refractivity contribution in [3.05, 3.63) is 66.4 Å². The van der Waals surface area contributed by atoms with Gasteiger partial charge in [0.25, 0.3) is 0 Å². The quantitative estimate of drug-likeness (QED) is 0.185. The number of likely N-dealkylation sites (N-methyl/N-ethyl adjacent to an activating group) is 2. The van der Waals surface area contributed by atoms with Crippen molar-refractivity contribution in [2.45, 2.75) is 44.7 Å². The van der Waals surface area contributed by atoms with Crippen LogP contribution in [-0.2, 0) is 4.79 Å². The monoisotopic (exact) mass is 649 g/mol. The molecule has 3 atom stereocenters. The van der Waals surface area contributed by atoms with Gasteiger partial charge in [0.1, 0.15) is 29.5 Å². The maximum absolute atomic E-state index is 16.9. The van der Waals surface area contributed by atoms with Crippen LogP contribution in [0.5, 0.6) is 6.01 Å². The van der Waals surface area contributed by atoms with Crippen LogP contribution in [0.15, 0.2) is 49.2 Å².